The molecule has 2 N–H and O–H groups in total. The van der Waals surface area contributed by atoms with E-state index in [-0.39, 0.29) is 24.6 Å². The molecule has 0 bridgehead atoms. The minimum Gasteiger partial charge on any atom is -0.449 e. The fraction of sp³-hybridized carbons (Fsp3) is 0.300. The van der Waals surface area contributed by atoms with E-state index in [1.165, 1.54) is 12.2 Å². The average molecular weight is 209 g/mol. The van der Waals surface area contributed by atoms with Crippen LogP contribution in [-0.2, 0) is 14.3 Å². The smallest absolute Gasteiger partial charge is 0.404 e. The molecule has 0 spiro atoms. The molecule has 1 aliphatic carbocycles. The summed E-state index contributed by atoms with van der Waals surface area (Å²) in [6.07, 6.45) is 1.86. The number of ketones is 2. The molecule has 0 unspecified atom stereocenters. The van der Waals surface area contributed by atoms with Gasteiger partial charge < -0.3 is 10.5 Å². The molecular weight excluding hydrogens is 198 g/mol. The lowest BCUT2D eigenvalue weighted by atomic mass is 9.96. The second kappa shape index (κ2) is 4.54. The van der Waals surface area contributed by atoms with Crippen LogP contribution in [0.2, 0.25) is 0 Å². The number of rotatable bonds is 3. The molecule has 0 heterocycles. The molecule has 1 rings (SSSR count). The van der Waals surface area contributed by atoms with Gasteiger partial charge in [0.25, 0.3) is 0 Å². The Morgan fingerprint density at radius 3 is 2.60 bits per heavy atom. The maximum Gasteiger partial charge on any atom is 0.404 e. The SMILES string of the molecule is CC1=CC(=O)C(CCOC(N)=O)=CC1=O. The van der Waals surface area contributed by atoms with Gasteiger partial charge in [-0.15, -0.1) is 0 Å². The van der Waals surface area contributed by atoms with Gasteiger partial charge in [-0.05, 0) is 19.1 Å². The van der Waals surface area contributed by atoms with E-state index in [0.717, 1.165) is 0 Å². The first-order chi connectivity index (χ1) is 7.00. The Morgan fingerprint density at radius 2 is 2.00 bits per heavy atom. The van der Waals surface area contributed by atoms with Crippen LogP contribution in [0.3, 0.4) is 0 Å². The van der Waals surface area contributed by atoms with Crippen molar-refractivity contribution in [2.24, 2.45) is 5.73 Å². The summed E-state index contributed by atoms with van der Waals surface area (Å²) >= 11 is 0. The van der Waals surface area contributed by atoms with Gasteiger partial charge in [0.2, 0.25) is 0 Å². The zero-order chi connectivity index (χ0) is 11.4. The normalized spacial score (nSPS) is 15.8. The van der Waals surface area contributed by atoms with Crippen LogP contribution in [0, 0.1) is 0 Å². The highest BCUT2D eigenvalue weighted by Gasteiger charge is 2.17. The number of carbonyl (C=O) groups is 3. The van der Waals surface area contributed by atoms with E-state index in [4.69, 9.17) is 5.73 Å². The summed E-state index contributed by atoms with van der Waals surface area (Å²) in [4.78, 5) is 32.8. The lowest BCUT2D eigenvalue weighted by Crippen LogP contribution is -2.17. The predicted molar refractivity (Wildman–Crippen MR) is 52.0 cm³/mol. The lowest BCUT2D eigenvalue weighted by molar-refractivity contribution is -0.115. The minimum absolute atomic E-state index is 0.00702. The van der Waals surface area contributed by atoms with Gasteiger partial charge in [-0.2, -0.15) is 0 Å². The summed E-state index contributed by atoms with van der Waals surface area (Å²) in [5.74, 6) is -0.413. The predicted octanol–water partition coefficient (Wildman–Crippen LogP) is 0.496. The minimum atomic E-state index is -0.892. The lowest BCUT2D eigenvalue weighted by Gasteiger charge is -2.09. The molecule has 1 aliphatic rings. The molecular formula is C10H11NO4. The van der Waals surface area contributed by atoms with Crippen LogP contribution < -0.4 is 5.73 Å². The van der Waals surface area contributed by atoms with Crippen LogP contribution in [0.25, 0.3) is 0 Å². The first-order valence-corrected chi connectivity index (χ1v) is 4.40. The van der Waals surface area contributed by atoms with Crippen molar-refractivity contribution in [3.05, 3.63) is 23.3 Å². The third-order valence-electron chi connectivity index (χ3n) is 1.97. The van der Waals surface area contributed by atoms with Crippen molar-refractivity contribution in [2.45, 2.75) is 13.3 Å². The van der Waals surface area contributed by atoms with Gasteiger partial charge in [0.15, 0.2) is 11.6 Å². The van der Waals surface area contributed by atoms with Crippen molar-refractivity contribution >= 4 is 17.7 Å². The number of hydrogen-bond donors (Lipinski definition) is 1. The number of carbonyl (C=O) groups excluding carboxylic acids is 3. The maximum atomic E-state index is 11.4. The standard InChI is InChI=1S/C10H11NO4/c1-6-4-9(13)7(5-8(6)12)2-3-15-10(11)14/h4-5H,2-3H2,1H3,(H2,11,14). The molecule has 15 heavy (non-hydrogen) atoms. The van der Waals surface area contributed by atoms with E-state index in [0.29, 0.717) is 11.1 Å². The molecule has 0 fully saturated rings. The van der Waals surface area contributed by atoms with Crippen LogP contribution in [0.1, 0.15) is 13.3 Å². The summed E-state index contributed by atoms with van der Waals surface area (Å²) in [6, 6.07) is 0. The Hall–Kier alpha value is -1.91. The van der Waals surface area contributed by atoms with Crippen LogP contribution in [0.4, 0.5) is 4.79 Å². The number of allylic oxidation sites excluding steroid dienone is 3. The molecule has 1 amide bonds. The van der Waals surface area contributed by atoms with Crippen LogP contribution in [0.5, 0.6) is 0 Å². The third-order valence-corrected chi connectivity index (χ3v) is 1.97. The van der Waals surface area contributed by atoms with Gasteiger partial charge in [0, 0.05) is 17.6 Å². The Balaban J connectivity index is 2.57. The van der Waals surface area contributed by atoms with Gasteiger partial charge in [0.1, 0.15) is 0 Å². The summed E-state index contributed by atoms with van der Waals surface area (Å²) in [5, 5.41) is 0. The highest BCUT2D eigenvalue weighted by Crippen LogP contribution is 2.14. The van der Waals surface area contributed by atoms with Crippen LogP contribution >= 0.6 is 0 Å². The van der Waals surface area contributed by atoms with Gasteiger partial charge in [-0.1, -0.05) is 0 Å². The fourth-order valence-corrected chi connectivity index (χ4v) is 1.16. The Kier molecular flexibility index (Phi) is 3.38. The number of hydrogen-bond acceptors (Lipinski definition) is 4. The number of nitrogens with two attached hydrogens (primary N) is 1. The molecule has 5 nitrogen and oxygen atoms in total. The molecule has 0 saturated carbocycles. The van der Waals surface area contributed by atoms with Gasteiger partial charge in [-0.25, -0.2) is 4.79 Å². The highest BCUT2D eigenvalue weighted by molar-refractivity contribution is 6.19. The fourth-order valence-electron chi connectivity index (χ4n) is 1.16. The number of amides is 1. The van der Waals surface area contributed by atoms with Crippen molar-refractivity contribution in [3.8, 4) is 0 Å². The molecule has 0 radical (unpaired) electrons. The third kappa shape index (κ3) is 3.05. The van der Waals surface area contributed by atoms with E-state index in [9.17, 15) is 14.4 Å². The maximum absolute atomic E-state index is 11.4. The van der Waals surface area contributed by atoms with Crippen molar-refractivity contribution in [1.82, 2.24) is 0 Å². The first kappa shape index (κ1) is 11.2. The molecule has 0 saturated heterocycles. The highest BCUT2D eigenvalue weighted by atomic mass is 16.5. The van der Waals surface area contributed by atoms with E-state index in [2.05, 4.69) is 4.74 Å². The van der Waals surface area contributed by atoms with Crippen molar-refractivity contribution in [2.75, 3.05) is 6.61 Å². The Bertz CT molecular complexity index is 379. The van der Waals surface area contributed by atoms with Gasteiger partial charge >= 0.3 is 6.09 Å². The summed E-state index contributed by atoms with van der Waals surface area (Å²) in [5.41, 5.74) is 5.50. The molecule has 5 heteroatoms. The van der Waals surface area contributed by atoms with E-state index >= 15 is 0 Å². The summed E-state index contributed by atoms with van der Waals surface area (Å²) in [7, 11) is 0. The average Bonchev–Trinajstić information content (AvgIpc) is 2.13. The van der Waals surface area contributed by atoms with Crippen molar-refractivity contribution < 1.29 is 19.1 Å². The Labute approximate surface area is 86.6 Å². The van der Waals surface area contributed by atoms with E-state index in [1.807, 2.05) is 0 Å². The zero-order valence-electron chi connectivity index (χ0n) is 8.28. The van der Waals surface area contributed by atoms with Crippen LogP contribution in [-0.4, -0.2) is 24.3 Å². The quantitative estimate of drug-likeness (QED) is 0.685. The molecule has 0 aromatic rings. The molecule has 0 aromatic heterocycles. The van der Waals surface area contributed by atoms with E-state index in [1.54, 1.807) is 6.92 Å². The van der Waals surface area contributed by atoms with Crippen molar-refractivity contribution in [1.29, 1.82) is 0 Å². The largest absolute Gasteiger partial charge is 0.449 e. The molecule has 80 valence electrons. The first-order valence-electron chi connectivity index (χ1n) is 4.40. The molecule has 0 aliphatic heterocycles. The molecule has 0 aromatic carbocycles. The second-order valence-electron chi connectivity index (χ2n) is 3.14. The summed E-state index contributed by atoms with van der Waals surface area (Å²) < 4.78 is 4.47. The second-order valence-corrected chi connectivity index (χ2v) is 3.14. The summed E-state index contributed by atoms with van der Waals surface area (Å²) in [6.45, 7) is 1.58. The zero-order valence-corrected chi connectivity index (χ0v) is 8.28. The number of primary amides is 1. The van der Waals surface area contributed by atoms with Gasteiger partial charge in [-0.3, -0.25) is 9.59 Å². The number of ether oxygens (including phenoxy) is 1. The molecule has 0 atom stereocenters. The van der Waals surface area contributed by atoms with Crippen LogP contribution in [0.15, 0.2) is 23.3 Å². The topological polar surface area (TPSA) is 86.5 Å². The van der Waals surface area contributed by atoms with Crippen molar-refractivity contribution in [3.63, 3.8) is 0 Å². The van der Waals surface area contributed by atoms with E-state index < -0.39 is 6.09 Å². The van der Waals surface area contributed by atoms with Gasteiger partial charge in [0.05, 0.1) is 6.61 Å². The Morgan fingerprint density at radius 1 is 1.33 bits per heavy atom. The monoisotopic (exact) mass is 209 g/mol.